The lowest BCUT2D eigenvalue weighted by atomic mass is 10.1. The van der Waals surface area contributed by atoms with Crippen molar-refractivity contribution < 1.29 is 13.6 Å². The van der Waals surface area contributed by atoms with Gasteiger partial charge in [0, 0.05) is 19.2 Å². The van der Waals surface area contributed by atoms with E-state index in [1.54, 1.807) is 14.0 Å². The molecule has 0 aliphatic heterocycles. The maximum absolute atomic E-state index is 13.9. The van der Waals surface area contributed by atoms with Crippen molar-refractivity contribution >= 4 is 5.91 Å². The fourth-order valence-corrected chi connectivity index (χ4v) is 2.55. The van der Waals surface area contributed by atoms with Crippen molar-refractivity contribution in [3.8, 4) is 0 Å². The van der Waals surface area contributed by atoms with E-state index in [-0.39, 0.29) is 18.0 Å². The van der Waals surface area contributed by atoms with Crippen LogP contribution in [0.4, 0.5) is 8.78 Å². The van der Waals surface area contributed by atoms with Crippen LogP contribution in [-0.2, 0) is 11.3 Å². The summed E-state index contributed by atoms with van der Waals surface area (Å²) in [7, 11) is 3.46. The van der Waals surface area contributed by atoms with Gasteiger partial charge in [0.1, 0.15) is 11.6 Å². The number of halogens is 2. The van der Waals surface area contributed by atoms with E-state index in [0.717, 1.165) is 23.8 Å². The van der Waals surface area contributed by atoms with E-state index in [9.17, 15) is 13.6 Å². The lowest BCUT2D eigenvalue weighted by molar-refractivity contribution is -0.132. The third-order valence-electron chi connectivity index (χ3n) is 4.08. The van der Waals surface area contributed by atoms with E-state index in [4.69, 9.17) is 0 Å². The van der Waals surface area contributed by atoms with Gasteiger partial charge < -0.3 is 4.90 Å². The average Bonchev–Trinajstić information content (AvgIpc) is 2.56. The minimum Gasteiger partial charge on any atom is -0.338 e. The molecule has 0 radical (unpaired) electrons. The highest BCUT2D eigenvalue weighted by molar-refractivity contribution is 5.78. The fraction of sp³-hybridized carbons (Fsp3) is 0.316. The molecule has 128 valence electrons. The van der Waals surface area contributed by atoms with Crippen LogP contribution in [0.25, 0.3) is 0 Å². The molecule has 24 heavy (non-hydrogen) atoms. The van der Waals surface area contributed by atoms with Gasteiger partial charge in [-0.25, -0.2) is 8.78 Å². The van der Waals surface area contributed by atoms with Crippen molar-refractivity contribution in [3.05, 3.63) is 71.3 Å². The molecule has 0 bridgehead atoms. The Bertz CT molecular complexity index is 691. The molecule has 2 rings (SSSR count). The molecule has 0 aliphatic carbocycles. The first-order valence-corrected chi connectivity index (χ1v) is 7.81. The molecule has 0 saturated carbocycles. The van der Waals surface area contributed by atoms with Crippen molar-refractivity contribution in [3.63, 3.8) is 0 Å². The molecule has 0 spiro atoms. The molecule has 0 fully saturated rings. The van der Waals surface area contributed by atoms with Gasteiger partial charge in [0.25, 0.3) is 0 Å². The second-order valence-electron chi connectivity index (χ2n) is 6.00. The molecule has 1 atom stereocenters. The molecule has 2 aromatic carbocycles. The van der Waals surface area contributed by atoms with Crippen LogP contribution < -0.4 is 0 Å². The van der Waals surface area contributed by atoms with Crippen LogP contribution in [0.3, 0.4) is 0 Å². The summed E-state index contributed by atoms with van der Waals surface area (Å²) in [6.07, 6.45) is 0. The van der Waals surface area contributed by atoms with Crippen LogP contribution in [0.2, 0.25) is 0 Å². The number of rotatable bonds is 6. The zero-order valence-corrected chi connectivity index (χ0v) is 14.2. The van der Waals surface area contributed by atoms with E-state index in [2.05, 4.69) is 0 Å². The quantitative estimate of drug-likeness (QED) is 0.807. The predicted octanol–water partition coefficient (Wildman–Crippen LogP) is 3.62. The Morgan fingerprint density at radius 1 is 1.08 bits per heavy atom. The summed E-state index contributed by atoms with van der Waals surface area (Å²) in [5, 5.41) is 0. The van der Waals surface area contributed by atoms with Gasteiger partial charge in [-0.2, -0.15) is 0 Å². The third kappa shape index (κ3) is 4.61. The second-order valence-corrected chi connectivity index (χ2v) is 6.00. The minimum atomic E-state index is -0.543. The largest absolute Gasteiger partial charge is 0.338 e. The van der Waals surface area contributed by atoms with Crippen LogP contribution in [0.1, 0.15) is 24.1 Å². The molecular weight excluding hydrogens is 310 g/mol. The molecule has 0 heterocycles. The summed E-state index contributed by atoms with van der Waals surface area (Å²) in [6, 6.07) is 12.6. The highest BCUT2D eigenvalue weighted by atomic mass is 19.1. The van der Waals surface area contributed by atoms with Crippen LogP contribution in [0.15, 0.2) is 48.5 Å². The summed E-state index contributed by atoms with van der Waals surface area (Å²) in [5.74, 6) is -1.17. The van der Waals surface area contributed by atoms with Crippen molar-refractivity contribution in [2.24, 2.45) is 0 Å². The Morgan fingerprint density at radius 3 is 2.42 bits per heavy atom. The Balaban J connectivity index is 1.99. The molecule has 2 aromatic rings. The molecule has 0 N–H and O–H groups in total. The topological polar surface area (TPSA) is 23.6 Å². The number of nitrogens with zero attached hydrogens (tertiary/aromatic N) is 2. The number of carbonyl (C=O) groups excluding carboxylic acids is 1. The number of amides is 1. The maximum Gasteiger partial charge on any atom is 0.236 e. The van der Waals surface area contributed by atoms with Gasteiger partial charge in [0.15, 0.2) is 0 Å². The first-order chi connectivity index (χ1) is 11.4. The van der Waals surface area contributed by atoms with E-state index in [0.29, 0.717) is 6.54 Å². The first-order valence-electron chi connectivity index (χ1n) is 7.81. The van der Waals surface area contributed by atoms with E-state index in [1.807, 2.05) is 42.3 Å². The average molecular weight is 332 g/mol. The predicted molar refractivity (Wildman–Crippen MR) is 90.3 cm³/mol. The molecule has 0 aliphatic rings. The minimum absolute atomic E-state index is 0.149. The zero-order chi connectivity index (χ0) is 17.7. The smallest absolute Gasteiger partial charge is 0.236 e. The lowest BCUT2D eigenvalue weighted by Gasteiger charge is -2.28. The number of benzene rings is 2. The zero-order valence-electron chi connectivity index (χ0n) is 14.2. The fourth-order valence-electron chi connectivity index (χ4n) is 2.55. The van der Waals surface area contributed by atoms with Crippen molar-refractivity contribution in [2.45, 2.75) is 19.5 Å². The molecular formula is C19H22F2N2O. The van der Waals surface area contributed by atoms with Crippen molar-refractivity contribution in [1.29, 1.82) is 0 Å². The number of likely N-dealkylation sites (N-methyl/N-ethyl adjacent to an activating group) is 2. The number of hydrogen-bond donors (Lipinski definition) is 0. The van der Waals surface area contributed by atoms with Gasteiger partial charge in [-0.15, -0.1) is 0 Å². The van der Waals surface area contributed by atoms with Crippen LogP contribution in [-0.4, -0.2) is 36.3 Å². The SMILES string of the molecule is CC(c1cc(F)ccc1F)N(C)C(=O)CN(C)Cc1ccccc1. The Kier molecular flexibility index (Phi) is 6.04. The Labute approximate surface area is 141 Å². The number of hydrogen-bond acceptors (Lipinski definition) is 2. The molecule has 5 heteroatoms. The monoisotopic (exact) mass is 332 g/mol. The molecule has 0 saturated heterocycles. The highest BCUT2D eigenvalue weighted by Gasteiger charge is 2.21. The van der Waals surface area contributed by atoms with Gasteiger partial charge >= 0.3 is 0 Å². The van der Waals surface area contributed by atoms with Gasteiger partial charge in [0.2, 0.25) is 5.91 Å². The summed E-state index contributed by atoms with van der Waals surface area (Å²) >= 11 is 0. The van der Waals surface area contributed by atoms with E-state index < -0.39 is 17.7 Å². The molecule has 0 aromatic heterocycles. The number of carbonyl (C=O) groups is 1. The Hall–Kier alpha value is -2.27. The van der Waals surface area contributed by atoms with Crippen LogP contribution in [0, 0.1) is 11.6 Å². The standard InChI is InChI=1S/C19H22F2N2O/c1-14(17-11-16(20)9-10-18(17)21)23(3)19(24)13-22(2)12-15-7-5-4-6-8-15/h4-11,14H,12-13H2,1-3H3. The lowest BCUT2D eigenvalue weighted by Crippen LogP contribution is -2.38. The molecule has 1 amide bonds. The van der Waals surface area contributed by atoms with Crippen LogP contribution >= 0.6 is 0 Å². The van der Waals surface area contributed by atoms with Crippen molar-refractivity contribution in [1.82, 2.24) is 9.80 Å². The Morgan fingerprint density at radius 2 is 1.75 bits per heavy atom. The summed E-state index contributed by atoms with van der Waals surface area (Å²) < 4.78 is 27.2. The summed E-state index contributed by atoms with van der Waals surface area (Å²) in [4.78, 5) is 15.8. The maximum atomic E-state index is 13.9. The van der Waals surface area contributed by atoms with Crippen molar-refractivity contribution in [2.75, 3.05) is 20.6 Å². The molecule has 3 nitrogen and oxygen atoms in total. The highest BCUT2D eigenvalue weighted by Crippen LogP contribution is 2.23. The molecule has 1 unspecified atom stereocenters. The summed E-state index contributed by atoms with van der Waals surface area (Å²) in [6.45, 7) is 2.53. The van der Waals surface area contributed by atoms with Gasteiger partial charge in [-0.3, -0.25) is 9.69 Å². The normalized spacial score (nSPS) is 12.2. The second kappa shape index (κ2) is 8.02. The van der Waals surface area contributed by atoms with Crippen LogP contribution in [0.5, 0.6) is 0 Å². The van der Waals surface area contributed by atoms with Gasteiger partial charge in [-0.05, 0) is 37.7 Å². The van der Waals surface area contributed by atoms with E-state index >= 15 is 0 Å². The third-order valence-corrected chi connectivity index (χ3v) is 4.08. The first kappa shape index (κ1) is 18.1. The van der Waals surface area contributed by atoms with Gasteiger partial charge in [0.05, 0.1) is 12.6 Å². The van der Waals surface area contributed by atoms with E-state index in [1.165, 1.54) is 4.90 Å². The van der Waals surface area contributed by atoms with Gasteiger partial charge in [-0.1, -0.05) is 30.3 Å². The summed E-state index contributed by atoms with van der Waals surface area (Å²) in [5.41, 5.74) is 1.29.